The average molecular weight is 334 g/mol. The van der Waals surface area contributed by atoms with Gasteiger partial charge in [-0.15, -0.1) is 0 Å². The average Bonchev–Trinajstić information content (AvgIpc) is 2.47. The van der Waals surface area contributed by atoms with Gasteiger partial charge in [0.05, 0.1) is 6.61 Å². The van der Waals surface area contributed by atoms with Gasteiger partial charge >= 0.3 is 0 Å². The van der Waals surface area contributed by atoms with Crippen LogP contribution >= 0.6 is 15.9 Å². The Labute approximate surface area is 126 Å². The van der Waals surface area contributed by atoms with Crippen molar-refractivity contribution in [3.8, 4) is 5.75 Å². The molecule has 0 aliphatic rings. The molecule has 2 aromatic carbocycles. The van der Waals surface area contributed by atoms with Crippen LogP contribution in [0.25, 0.3) is 0 Å². The van der Waals surface area contributed by atoms with E-state index >= 15 is 0 Å². The van der Waals surface area contributed by atoms with E-state index in [-0.39, 0.29) is 5.78 Å². The summed E-state index contributed by atoms with van der Waals surface area (Å²) in [6.45, 7) is 2.72. The summed E-state index contributed by atoms with van der Waals surface area (Å²) in [5.41, 5.74) is 7.43. The Kier molecular flexibility index (Phi) is 4.79. The molecule has 0 saturated heterocycles. The van der Waals surface area contributed by atoms with Crippen molar-refractivity contribution in [1.82, 2.24) is 0 Å². The molecule has 0 heterocycles. The lowest BCUT2D eigenvalue weighted by molar-refractivity contribution is 0.103. The Morgan fingerprint density at radius 3 is 2.55 bits per heavy atom. The third-order valence-electron chi connectivity index (χ3n) is 2.85. The zero-order valence-electron chi connectivity index (χ0n) is 11.2. The van der Waals surface area contributed by atoms with Gasteiger partial charge in [0.1, 0.15) is 5.75 Å². The van der Waals surface area contributed by atoms with Gasteiger partial charge in [0.25, 0.3) is 0 Å². The molecule has 0 bridgehead atoms. The molecule has 104 valence electrons. The van der Waals surface area contributed by atoms with Gasteiger partial charge in [-0.25, -0.2) is 0 Å². The van der Waals surface area contributed by atoms with E-state index in [0.717, 1.165) is 16.6 Å². The standard InChI is InChI=1S/C16H16BrNO2/c1-2-9-20-13-6-3-11(4-7-13)16(19)14-10-12(17)5-8-15(14)18/h3-8,10H,2,9,18H2,1H3. The number of carbonyl (C=O) groups is 1. The van der Waals surface area contributed by atoms with Crippen LogP contribution < -0.4 is 10.5 Å². The fourth-order valence-corrected chi connectivity index (χ4v) is 2.16. The second kappa shape index (κ2) is 6.57. The highest BCUT2D eigenvalue weighted by atomic mass is 79.9. The van der Waals surface area contributed by atoms with Crippen molar-refractivity contribution in [2.45, 2.75) is 13.3 Å². The van der Waals surface area contributed by atoms with Crippen LogP contribution in [0.1, 0.15) is 29.3 Å². The minimum absolute atomic E-state index is 0.0918. The molecule has 0 amide bonds. The van der Waals surface area contributed by atoms with E-state index in [0.29, 0.717) is 23.4 Å². The van der Waals surface area contributed by atoms with E-state index < -0.39 is 0 Å². The van der Waals surface area contributed by atoms with Crippen LogP contribution in [0.3, 0.4) is 0 Å². The molecule has 20 heavy (non-hydrogen) atoms. The summed E-state index contributed by atoms with van der Waals surface area (Å²) in [6, 6.07) is 12.4. The van der Waals surface area contributed by atoms with Crippen LogP contribution in [0.2, 0.25) is 0 Å². The number of ether oxygens (including phenoxy) is 1. The number of hydrogen-bond donors (Lipinski definition) is 1. The minimum atomic E-state index is -0.0918. The van der Waals surface area contributed by atoms with Gasteiger partial charge in [0.15, 0.2) is 5.78 Å². The number of ketones is 1. The normalized spacial score (nSPS) is 10.3. The molecule has 0 aliphatic heterocycles. The lowest BCUT2D eigenvalue weighted by atomic mass is 10.0. The molecule has 2 rings (SSSR count). The van der Waals surface area contributed by atoms with Gasteiger partial charge in [-0.2, -0.15) is 0 Å². The number of anilines is 1. The number of rotatable bonds is 5. The molecule has 4 heteroatoms. The molecule has 0 unspecified atom stereocenters. The van der Waals surface area contributed by atoms with E-state index in [2.05, 4.69) is 15.9 Å². The van der Waals surface area contributed by atoms with Crippen LogP contribution in [-0.4, -0.2) is 12.4 Å². The van der Waals surface area contributed by atoms with Gasteiger partial charge < -0.3 is 10.5 Å². The number of nitrogens with two attached hydrogens (primary N) is 1. The third kappa shape index (κ3) is 3.39. The van der Waals surface area contributed by atoms with Crippen LogP contribution in [0, 0.1) is 0 Å². The largest absolute Gasteiger partial charge is 0.494 e. The van der Waals surface area contributed by atoms with E-state index in [1.54, 1.807) is 36.4 Å². The molecule has 0 spiro atoms. The van der Waals surface area contributed by atoms with Crippen LogP contribution in [0.4, 0.5) is 5.69 Å². The first-order valence-electron chi connectivity index (χ1n) is 6.44. The summed E-state index contributed by atoms with van der Waals surface area (Å²) < 4.78 is 6.33. The Morgan fingerprint density at radius 1 is 1.20 bits per heavy atom. The van der Waals surface area contributed by atoms with Crippen molar-refractivity contribution in [2.75, 3.05) is 12.3 Å². The molecule has 2 aromatic rings. The van der Waals surface area contributed by atoms with Gasteiger partial charge in [0, 0.05) is 21.3 Å². The zero-order valence-corrected chi connectivity index (χ0v) is 12.8. The highest BCUT2D eigenvalue weighted by Gasteiger charge is 2.12. The Hall–Kier alpha value is -1.81. The molecule has 0 saturated carbocycles. The van der Waals surface area contributed by atoms with Crippen molar-refractivity contribution < 1.29 is 9.53 Å². The molecule has 0 radical (unpaired) electrons. The van der Waals surface area contributed by atoms with Crippen molar-refractivity contribution in [1.29, 1.82) is 0 Å². The lowest BCUT2D eigenvalue weighted by Crippen LogP contribution is -2.05. The first kappa shape index (κ1) is 14.6. The monoisotopic (exact) mass is 333 g/mol. The molecule has 3 nitrogen and oxygen atoms in total. The summed E-state index contributed by atoms with van der Waals surface area (Å²) >= 11 is 3.35. The highest BCUT2D eigenvalue weighted by Crippen LogP contribution is 2.22. The van der Waals surface area contributed by atoms with E-state index in [9.17, 15) is 4.79 Å². The Balaban J connectivity index is 2.22. The maximum Gasteiger partial charge on any atom is 0.195 e. The van der Waals surface area contributed by atoms with E-state index in [4.69, 9.17) is 10.5 Å². The summed E-state index contributed by atoms with van der Waals surface area (Å²) in [5, 5.41) is 0. The Bertz CT molecular complexity index is 608. The molecule has 0 fully saturated rings. The first-order chi connectivity index (χ1) is 9.61. The maximum atomic E-state index is 12.4. The number of halogens is 1. The number of benzene rings is 2. The van der Waals surface area contributed by atoms with Crippen molar-refractivity contribution in [3.05, 3.63) is 58.1 Å². The SMILES string of the molecule is CCCOc1ccc(C(=O)c2cc(Br)ccc2N)cc1. The predicted molar refractivity (Wildman–Crippen MR) is 84.2 cm³/mol. The quantitative estimate of drug-likeness (QED) is 0.663. The third-order valence-corrected chi connectivity index (χ3v) is 3.34. The van der Waals surface area contributed by atoms with Crippen molar-refractivity contribution in [3.63, 3.8) is 0 Å². The number of hydrogen-bond acceptors (Lipinski definition) is 3. The van der Waals surface area contributed by atoms with Crippen LogP contribution in [0.5, 0.6) is 5.75 Å². The highest BCUT2D eigenvalue weighted by molar-refractivity contribution is 9.10. The molecule has 2 N–H and O–H groups in total. The zero-order chi connectivity index (χ0) is 14.5. The first-order valence-corrected chi connectivity index (χ1v) is 7.23. The predicted octanol–water partition coefficient (Wildman–Crippen LogP) is 4.05. The van der Waals surface area contributed by atoms with Gasteiger partial charge in [-0.1, -0.05) is 22.9 Å². The number of carbonyl (C=O) groups excluding carboxylic acids is 1. The summed E-state index contributed by atoms with van der Waals surface area (Å²) in [4.78, 5) is 12.4. The fourth-order valence-electron chi connectivity index (χ4n) is 1.80. The lowest BCUT2D eigenvalue weighted by Gasteiger charge is -2.07. The minimum Gasteiger partial charge on any atom is -0.494 e. The summed E-state index contributed by atoms with van der Waals surface area (Å²) in [7, 11) is 0. The fraction of sp³-hybridized carbons (Fsp3) is 0.188. The molecular weight excluding hydrogens is 318 g/mol. The van der Waals surface area contributed by atoms with Gasteiger partial charge in [0.2, 0.25) is 0 Å². The van der Waals surface area contributed by atoms with Crippen molar-refractivity contribution >= 4 is 27.4 Å². The molecule has 0 aliphatic carbocycles. The molecular formula is C16H16BrNO2. The topological polar surface area (TPSA) is 52.3 Å². The maximum absolute atomic E-state index is 12.4. The van der Waals surface area contributed by atoms with Gasteiger partial charge in [-0.05, 0) is 48.9 Å². The summed E-state index contributed by atoms with van der Waals surface area (Å²) in [5.74, 6) is 0.677. The second-order valence-electron chi connectivity index (χ2n) is 4.43. The van der Waals surface area contributed by atoms with Crippen LogP contribution in [0.15, 0.2) is 46.9 Å². The molecule has 0 aromatic heterocycles. The smallest absolute Gasteiger partial charge is 0.195 e. The number of nitrogen functional groups attached to an aromatic ring is 1. The summed E-state index contributed by atoms with van der Waals surface area (Å²) in [6.07, 6.45) is 0.954. The second-order valence-corrected chi connectivity index (χ2v) is 5.35. The molecule has 0 atom stereocenters. The van der Waals surface area contributed by atoms with Crippen molar-refractivity contribution in [2.24, 2.45) is 0 Å². The Morgan fingerprint density at radius 2 is 1.90 bits per heavy atom. The van der Waals surface area contributed by atoms with Crippen LogP contribution in [-0.2, 0) is 0 Å². The van der Waals surface area contributed by atoms with E-state index in [1.807, 2.05) is 13.0 Å². The van der Waals surface area contributed by atoms with E-state index in [1.165, 1.54) is 0 Å². The van der Waals surface area contributed by atoms with Gasteiger partial charge in [-0.3, -0.25) is 4.79 Å².